The number of aryl methyl sites for hydroxylation is 2. The van der Waals surface area contributed by atoms with Gasteiger partial charge in [-0.15, -0.1) is 24.0 Å². The number of aliphatic imine (C=N–C) groups is 1. The first-order chi connectivity index (χ1) is 10.2. The second-order valence-electron chi connectivity index (χ2n) is 4.62. The molecule has 0 aliphatic carbocycles. The topological polar surface area (TPSA) is 80.0 Å². The monoisotopic (exact) mass is 415 g/mol. The molecule has 0 saturated carbocycles. The van der Waals surface area contributed by atoms with E-state index in [2.05, 4.69) is 30.7 Å². The predicted molar refractivity (Wildman–Crippen MR) is 97.0 cm³/mol. The number of aromatic nitrogens is 4. The van der Waals surface area contributed by atoms with Crippen molar-refractivity contribution in [2.24, 2.45) is 12.0 Å². The Morgan fingerprint density at radius 2 is 2.14 bits per heavy atom. The van der Waals surface area contributed by atoms with Crippen LogP contribution in [-0.4, -0.2) is 32.3 Å². The van der Waals surface area contributed by atoms with Gasteiger partial charge in [-0.1, -0.05) is 6.07 Å². The molecule has 2 aromatic heterocycles. The minimum absolute atomic E-state index is 0. The van der Waals surface area contributed by atoms with Crippen LogP contribution in [0.4, 0.5) is 0 Å². The Labute approximate surface area is 147 Å². The Hall–Kier alpha value is -1.71. The molecule has 0 aliphatic rings. The van der Waals surface area contributed by atoms with Crippen molar-refractivity contribution >= 4 is 29.9 Å². The van der Waals surface area contributed by atoms with Crippen molar-refractivity contribution in [3.63, 3.8) is 0 Å². The Morgan fingerprint density at radius 3 is 2.77 bits per heavy atom. The predicted octanol–water partition coefficient (Wildman–Crippen LogP) is 1.39. The number of guanidine groups is 1. The first kappa shape index (κ1) is 18.3. The van der Waals surface area contributed by atoms with Crippen molar-refractivity contribution < 1.29 is 0 Å². The molecule has 0 aliphatic heterocycles. The van der Waals surface area contributed by atoms with Crippen LogP contribution in [0.3, 0.4) is 0 Å². The second kappa shape index (κ2) is 9.34. The third-order valence-corrected chi connectivity index (χ3v) is 2.91. The van der Waals surface area contributed by atoms with Crippen molar-refractivity contribution in [2.45, 2.75) is 26.9 Å². The van der Waals surface area contributed by atoms with Gasteiger partial charge in [0.15, 0.2) is 5.96 Å². The van der Waals surface area contributed by atoms with E-state index in [1.165, 1.54) is 6.33 Å². The summed E-state index contributed by atoms with van der Waals surface area (Å²) in [6.45, 7) is 5.92. The number of rotatable bonds is 5. The van der Waals surface area contributed by atoms with E-state index in [4.69, 9.17) is 0 Å². The van der Waals surface area contributed by atoms with Crippen LogP contribution in [0.5, 0.6) is 0 Å². The van der Waals surface area contributed by atoms with Gasteiger partial charge in [-0.25, -0.2) is 9.98 Å². The minimum Gasteiger partial charge on any atom is -0.357 e. The Kier molecular flexibility index (Phi) is 7.78. The van der Waals surface area contributed by atoms with Crippen molar-refractivity contribution in [3.8, 4) is 0 Å². The van der Waals surface area contributed by atoms with E-state index >= 15 is 0 Å². The maximum absolute atomic E-state index is 4.53. The molecule has 0 atom stereocenters. The average molecular weight is 415 g/mol. The Bertz CT molecular complexity index is 609. The summed E-state index contributed by atoms with van der Waals surface area (Å²) in [5.41, 5.74) is 1.95. The van der Waals surface area contributed by atoms with Gasteiger partial charge in [0, 0.05) is 19.3 Å². The van der Waals surface area contributed by atoms with Crippen molar-refractivity contribution in [1.29, 1.82) is 0 Å². The molecular formula is C14H22IN7. The molecule has 120 valence electrons. The first-order valence-electron chi connectivity index (χ1n) is 6.96. The molecule has 0 saturated heterocycles. The summed E-state index contributed by atoms with van der Waals surface area (Å²) in [4.78, 5) is 13.1. The molecule has 0 unspecified atom stereocenters. The SMILES string of the molecule is CCNC(=NCc1cccc(C)n1)NCc1ncnn1C.I. The Morgan fingerprint density at radius 1 is 1.32 bits per heavy atom. The summed E-state index contributed by atoms with van der Waals surface area (Å²) in [6.07, 6.45) is 1.54. The van der Waals surface area contributed by atoms with E-state index in [1.807, 2.05) is 39.1 Å². The molecule has 0 amide bonds. The highest BCUT2D eigenvalue weighted by Crippen LogP contribution is 1.99. The minimum atomic E-state index is 0. The normalized spacial score (nSPS) is 11.0. The van der Waals surface area contributed by atoms with Crippen LogP contribution in [0.1, 0.15) is 24.1 Å². The average Bonchev–Trinajstić information content (AvgIpc) is 2.87. The van der Waals surface area contributed by atoms with Gasteiger partial charge in [-0.05, 0) is 26.0 Å². The standard InChI is InChI=1S/C14H21N7.HI/c1-4-15-14(17-9-13-18-10-19-21(13)3)16-8-12-7-5-6-11(2)20-12;/h5-7,10H,4,8-9H2,1-3H3,(H2,15,16,17);1H. The van der Waals surface area contributed by atoms with Crippen LogP contribution >= 0.6 is 24.0 Å². The number of nitrogens with one attached hydrogen (secondary N) is 2. The highest BCUT2D eigenvalue weighted by Gasteiger charge is 2.03. The summed E-state index contributed by atoms with van der Waals surface area (Å²) in [5.74, 6) is 1.60. The van der Waals surface area contributed by atoms with Gasteiger partial charge < -0.3 is 10.6 Å². The van der Waals surface area contributed by atoms with E-state index in [0.717, 1.165) is 29.7 Å². The van der Waals surface area contributed by atoms with Gasteiger partial charge in [0.25, 0.3) is 0 Å². The lowest BCUT2D eigenvalue weighted by Crippen LogP contribution is -2.37. The molecule has 0 spiro atoms. The summed E-state index contributed by atoms with van der Waals surface area (Å²) in [5, 5.41) is 10.5. The number of hydrogen-bond donors (Lipinski definition) is 2. The fourth-order valence-electron chi connectivity index (χ4n) is 1.83. The highest BCUT2D eigenvalue weighted by molar-refractivity contribution is 14.0. The van der Waals surface area contributed by atoms with Gasteiger partial charge in [0.2, 0.25) is 0 Å². The van der Waals surface area contributed by atoms with Gasteiger partial charge in [-0.3, -0.25) is 9.67 Å². The summed E-state index contributed by atoms with van der Waals surface area (Å²) in [7, 11) is 1.87. The molecule has 7 nitrogen and oxygen atoms in total. The van der Waals surface area contributed by atoms with Gasteiger partial charge in [0.1, 0.15) is 12.2 Å². The lowest BCUT2D eigenvalue weighted by molar-refractivity contribution is 0.673. The molecule has 2 N–H and O–H groups in total. The third-order valence-electron chi connectivity index (χ3n) is 2.91. The van der Waals surface area contributed by atoms with Crippen molar-refractivity contribution in [2.75, 3.05) is 6.54 Å². The maximum Gasteiger partial charge on any atom is 0.192 e. The van der Waals surface area contributed by atoms with E-state index < -0.39 is 0 Å². The van der Waals surface area contributed by atoms with Crippen molar-refractivity contribution in [3.05, 3.63) is 41.7 Å². The molecule has 0 fully saturated rings. The number of pyridine rings is 1. The molecule has 0 radical (unpaired) electrons. The smallest absolute Gasteiger partial charge is 0.192 e. The summed E-state index contributed by atoms with van der Waals surface area (Å²) >= 11 is 0. The quantitative estimate of drug-likeness (QED) is 0.439. The zero-order chi connectivity index (χ0) is 15.1. The largest absolute Gasteiger partial charge is 0.357 e. The number of nitrogens with zero attached hydrogens (tertiary/aromatic N) is 5. The van der Waals surface area contributed by atoms with Crippen LogP contribution < -0.4 is 10.6 Å². The molecule has 2 heterocycles. The number of hydrogen-bond acceptors (Lipinski definition) is 4. The highest BCUT2D eigenvalue weighted by atomic mass is 127. The molecule has 0 bridgehead atoms. The fourth-order valence-corrected chi connectivity index (χ4v) is 1.83. The van der Waals surface area contributed by atoms with E-state index in [-0.39, 0.29) is 24.0 Å². The van der Waals surface area contributed by atoms with E-state index in [0.29, 0.717) is 13.1 Å². The van der Waals surface area contributed by atoms with Crippen LogP contribution in [0.2, 0.25) is 0 Å². The molecule has 22 heavy (non-hydrogen) atoms. The third kappa shape index (κ3) is 5.58. The fraction of sp³-hybridized carbons (Fsp3) is 0.429. The van der Waals surface area contributed by atoms with Crippen LogP contribution in [0.25, 0.3) is 0 Å². The van der Waals surface area contributed by atoms with Crippen LogP contribution in [0.15, 0.2) is 29.5 Å². The van der Waals surface area contributed by atoms with Gasteiger partial charge in [-0.2, -0.15) is 5.10 Å². The van der Waals surface area contributed by atoms with E-state index in [9.17, 15) is 0 Å². The Balaban J connectivity index is 0.00000242. The van der Waals surface area contributed by atoms with Gasteiger partial charge >= 0.3 is 0 Å². The van der Waals surface area contributed by atoms with Crippen LogP contribution in [0, 0.1) is 6.92 Å². The zero-order valence-electron chi connectivity index (χ0n) is 13.1. The molecule has 8 heteroatoms. The van der Waals surface area contributed by atoms with Crippen LogP contribution in [-0.2, 0) is 20.1 Å². The molecule has 2 rings (SSSR count). The zero-order valence-corrected chi connectivity index (χ0v) is 15.4. The summed E-state index contributed by atoms with van der Waals surface area (Å²) in [6, 6.07) is 5.95. The van der Waals surface area contributed by atoms with Crippen molar-refractivity contribution in [1.82, 2.24) is 30.4 Å². The molecule has 2 aromatic rings. The lowest BCUT2D eigenvalue weighted by atomic mass is 10.3. The number of halogens is 1. The second-order valence-corrected chi connectivity index (χ2v) is 4.62. The maximum atomic E-state index is 4.53. The van der Waals surface area contributed by atoms with Gasteiger partial charge in [0.05, 0.1) is 18.8 Å². The molecular weight excluding hydrogens is 393 g/mol. The molecule has 0 aromatic carbocycles. The summed E-state index contributed by atoms with van der Waals surface area (Å²) < 4.78 is 1.73. The lowest BCUT2D eigenvalue weighted by Gasteiger charge is -2.10. The van der Waals surface area contributed by atoms with E-state index in [1.54, 1.807) is 4.68 Å². The first-order valence-corrected chi connectivity index (χ1v) is 6.96.